The fourth-order valence-electron chi connectivity index (χ4n) is 7.86. The van der Waals surface area contributed by atoms with E-state index < -0.39 is 78.4 Å². The van der Waals surface area contributed by atoms with Gasteiger partial charge in [-0.05, 0) is 63.3 Å². The van der Waals surface area contributed by atoms with E-state index in [9.17, 15) is 43.8 Å². The number of aromatic amines is 1. The standard InChI is InChI=1S/C49H91N15O9/c1-6-7-8-9-10-11-12-13-14-15-16-17-22-54-29-41(66)59-37(25-32(2)3)44(69)62-38(26-33(4)5)45(70)61-35(20-18-23-56-48(50)51)42(67)60-36(21-19-24-57-49(52)53)43(68)63-39(27-34-28-55-31-58-34)46(71)64-40(30-65)47(72)73/h28,31-33,35-40,54,65H,6-27,29-30H2,1-5H3,(H,55,58)(H,59,66)(H,60,67)(H,61,70)(H,62,69)(H,63,68)(H,64,71)(H,72,73)(H4,50,51,56)(H4,52,53,57)/t35-,36+,37-,38-,39-,40-/m0/s1. The fraction of sp³-hybridized carbons (Fsp3) is 0.755. The highest BCUT2D eigenvalue weighted by Gasteiger charge is 2.34. The summed E-state index contributed by atoms with van der Waals surface area (Å²) in [6.07, 6.45) is 18.0. The van der Waals surface area contributed by atoms with Crippen molar-refractivity contribution in [1.29, 1.82) is 0 Å². The summed E-state index contributed by atoms with van der Waals surface area (Å²) in [7, 11) is 0. The maximum absolute atomic E-state index is 14.3. The van der Waals surface area contributed by atoms with E-state index in [1.54, 1.807) is 0 Å². The molecule has 0 unspecified atom stereocenters. The molecule has 6 atom stereocenters. The molecule has 0 spiro atoms. The van der Waals surface area contributed by atoms with Crippen LogP contribution >= 0.6 is 0 Å². The maximum atomic E-state index is 14.3. The molecule has 18 N–H and O–H groups in total. The molecular formula is C49H91N15O9. The Morgan fingerprint density at radius 3 is 1.41 bits per heavy atom. The van der Waals surface area contributed by atoms with Crippen LogP contribution in [0.4, 0.5) is 0 Å². The molecule has 0 aliphatic carbocycles. The number of nitrogens with zero attached hydrogens (tertiary/aromatic N) is 3. The number of nitrogens with one attached hydrogen (secondary N) is 8. The number of aliphatic hydroxyl groups excluding tert-OH is 1. The van der Waals surface area contributed by atoms with Crippen LogP contribution in [0.5, 0.6) is 0 Å². The number of aliphatic carboxylic acids is 1. The van der Waals surface area contributed by atoms with Crippen molar-refractivity contribution in [2.45, 2.75) is 193 Å². The minimum absolute atomic E-state index is 0.00249. The van der Waals surface area contributed by atoms with Crippen LogP contribution in [0.25, 0.3) is 0 Å². The molecule has 0 fully saturated rings. The van der Waals surface area contributed by atoms with E-state index in [2.05, 4.69) is 64.1 Å². The first-order valence-electron chi connectivity index (χ1n) is 26.2. The topological polar surface area (TPSA) is 402 Å². The highest BCUT2D eigenvalue weighted by molar-refractivity contribution is 5.97. The van der Waals surface area contributed by atoms with Gasteiger partial charge in [0.2, 0.25) is 35.4 Å². The van der Waals surface area contributed by atoms with Gasteiger partial charge in [-0.2, -0.15) is 0 Å². The van der Waals surface area contributed by atoms with E-state index >= 15 is 0 Å². The Labute approximate surface area is 431 Å². The number of imidazole rings is 1. The summed E-state index contributed by atoms with van der Waals surface area (Å²) in [5.74, 6) is -6.27. The van der Waals surface area contributed by atoms with Gasteiger partial charge in [0.1, 0.15) is 36.3 Å². The molecule has 1 aromatic heterocycles. The molecule has 0 saturated carbocycles. The van der Waals surface area contributed by atoms with Crippen molar-refractivity contribution in [3.05, 3.63) is 18.2 Å². The zero-order valence-electron chi connectivity index (χ0n) is 44.1. The van der Waals surface area contributed by atoms with Crippen LogP contribution < -0.4 is 60.2 Å². The quantitative estimate of drug-likeness (QED) is 0.0240. The van der Waals surface area contributed by atoms with Crippen LogP contribution in [-0.2, 0) is 40.0 Å². The molecule has 1 heterocycles. The third-order valence-corrected chi connectivity index (χ3v) is 11.8. The summed E-state index contributed by atoms with van der Waals surface area (Å²) in [5.41, 5.74) is 22.5. The molecule has 0 aliphatic rings. The zero-order chi connectivity index (χ0) is 54.6. The maximum Gasteiger partial charge on any atom is 0.328 e. The number of guanidine groups is 2. The lowest BCUT2D eigenvalue weighted by molar-refractivity contribution is -0.143. The van der Waals surface area contributed by atoms with Crippen molar-refractivity contribution >= 4 is 53.3 Å². The minimum atomic E-state index is -1.68. The second-order valence-corrected chi connectivity index (χ2v) is 19.5. The molecule has 24 nitrogen and oxygen atoms in total. The van der Waals surface area contributed by atoms with Crippen LogP contribution in [-0.4, -0.2) is 143 Å². The monoisotopic (exact) mass is 1030 g/mol. The first kappa shape index (κ1) is 65.0. The number of aliphatic hydroxyl groups is 1. The number of carboxylic acid groups (broad SMARTS) is 1. The summed E-state index contributed by atoms with van der Waals surface area (Å²) in [6, 6.07) is -7.89. The normalized spacial score (nSPS) is 13.6. The van der Waals surface area contributed by atoms with Crippen molar-refractivity contribution in [3.8, 4) is 0 Å². The smallest absolute Gasteiger partial charge is 0.328 e. The lowest BCUT2D eigenvalue weighted by Crippen LogP contribution is -2.60. The Balaban J connectivity index is 3.22. The van der Waals surface area contributed by atoms with E-state index in [1.807, 2.05) is 27.7 Å². The van der Waals surface area contributed by atoms with Gasteiger partial charge in [-0.3, -0.25) is 38.8 Å². The van der Waals surface area contributed by atoms with Crippen LogP contribution in [0.2, 0.25) is 0 Å². The van der Waals surface area contributed by atoms with E-state index in [0.29, 0.717) is 18.7 Å². The Kier molecular flexibility index (Phi) is 34.3. The second-order valence-electron chi connectivity index (χ2n) is 19.5. The van der Waals surface area contributed by atoms with Gasteiger partial charge in [0, 0.05) is 31.4 Å². The van der Waals surface area contributed by atoms with Crippen LogP contribution in [0.1, 0.15) is 156 Å². The third kappa shape index (κ3) is 31.2. The lowest BCUT2D eigenvalue weighted by atomic mass is 9.99. The number of carboxylic acids is 1. The predicted molar refractivity (Wildman–Crippen MR) is 281 cm³/mol. The summed E-state index contributed by atoms with van der Waals surface area (Å²) in [5, 5.41) is 38.0. The van der Waals surface area contributed by atoms with Gasteiger partial charge >= 0.3 is 5.97 Å². The number of hydrogen-bond acceptors (Lipinski definition) is 12. The molecule has 0 aromatic carbocycles. The Morgan fingerprint density at radius 1 is 0.575 bits per heavy atom. The van der Waals surface area contributed by atoms with Gasteiger partial charge in [0.05, 0.1) is 19.5 Å². The number of aromatic nitrogens is 2. The predicted octanol–water partition coefficient (Wildman–Crippen LogP) is 0.428. The molecule has 6 amide bonds. The van der Waals surface area contributed by atoms with Gasteiger partial charge in [-0.1, -0.05) is 105 Å². The first-order valence-corrected chi connectivity index (χ1v) is 26.2. The summed E-state index contributed by atoms with van der Waals surface area (Å²) in [6.45, 7) is 9.67. The van der Waals surface area contributed by atoms with Crippen molar-refractivity contribution in [3.63, 3.8) is 0 Å². The van der Waals surface area contributed by atoms with E-state index in [4.69, 9.17) is 22.9 Å². The number of aliphatic imine (C=N–C) groups is 2. The Hall–Kier alpha value is -6.04. The van der Waals surface area contributed by atoms with Crippen LogP contribution in [0.15, 0.2) is 22.5 Å². The number of H-pyrrole nitrogens is 1. The molecule has 1 aromatic rings. The van der Waals surface area contributed by atoms with Gasteiger partial charge < -0.3 is 75.3 Å². The number of carbonyl (C=O) groups is 7. The molecule has 24 heteroatoms. The Bertz CT molecular complexity index is 1820. The van der Waals surface area contributed by atoms with Crippen LogP contribution in [0, 0.1) is 11.8 Å². The highest BCUT2D eigenvalue weighted by atomic mass is 16.4. The summed E-state index contributed by atoms with van der Waals surface area (Å²) in [4.78, 5) is 109. The molecule has 73 heavy (non-hydrogen) atoms. The lowest BCUT2D eigenvalue weighted by Gasteiger charge is -2.28. The molecule has 0 radical (unpaired) electrons. The van der Waals surface area contributed by atoms with E-state index in [-0.39, 0.29) is 87.8 Å². The van der Waals surface area contributed by atoms with Crippen molar-refractivity contribution < 1.29 is 43.8 Å². The molecule has 0 saturated heterocycles. The SMILES string of the molecule is CCCCCCCCCCCCCCNCC(=O)N[C@@H](CC(C)C)C(=O)N[C@@H](CC(C)C)C(=O)N[C@@H](CCCN=C(N)N)C(=O)N[C@H](CCCN=C(N)N)C(=O)N[C@@H](Cc1cnc[nH]1)C(=O)N[C@@H](CO)C(=O)O. The highest BCUT2D eigenvalue weighted by Crippen LogP contribution is 2.14. The molecule has 1 rings (SSSR count). The van der Waals surface area contributed by atoms with Crippen molar-refractivity contribution in [1.82, 2.24) is 47.2 Å². The van der Waals surface area contributed by atoms with E-state index in [0.717, 1.165) is 19.3 Å². The molecule has 416 valence electrons. The van der Waals surface area contributed by atoms with Crippen molar-refractivity contribution in [2.75, 3.05) is 32.8 Å². The molecule has 0 bridgehead atoms. The number of nitrogens with two attached hydrogens (primary N) is 4. The largest absolute Gasteiger partial charge is 0.480 e. The first-order chi connectivity index (χ1) is 34.8. The molecular weight excluding hydrogens is 943 g/mol. The summed E-state index contributed by atoms with van der Waals surface area (Å²) >= 11 is 0. The van der Waals surface area contributed by atoms with Gasteiger partial charge in [-0.15, -0.1) is 0 Å². The summed E-state index contributed by atoms with van der Waals surface area (Å²) < 4.78 is 0. The average molecular weight is 1030 g/mol. The molecule has 0 aliphatic heterocycles. The van der Waals surface area contributed by atoms with Gasteiger partial charge in [0.25, 0.3) is 0 Å². The number of unbranched alkanes of at least 4 members (excludes halogenated alkanes) is 11. The van der Waals surface area contributed by atoms with Crippen LogP contribution in [0.3, 0.4) is 0 Å². The Morgan fingerprint density at radius 2 is 0.986 bits per heavy atom. The number of amides is 6. The van der Waals surface area contributed by atoms with Gasteiger partial charge in [0.15, 0.2) is 11.9 Å². The third-order valence-electron chi connectivity index (χ3n) is 11.8. The number of rotatable bonds is 42. The number of hydrogen-bond donors (Lipinski definition) is 14. The van der Waals surface area contributed by atoms with Crippen molar-refractivity contribution in [2.24, 2.45) is 44.8 Å². The van der Waals surface area contributed by atoms with E-state index in [1.165, 1.54) is 70.3 Å². The zero-order valence-corrected chi connectivity index (χ0v) is 44.1. The average Bonchev–Trinajstić information content (AvgIpc) is 3.84. The number of carbonyl (C=O) groups excluding carboxylic acids is 6. The fourth-order valence-corrected chi connectivity index (χ4v) is 7.86. The second kappa shape index (κ2) is 38.6. The minimum Gasteiger partial charge on any atom is -0.480 e. The van der Waals surface area contributed by atoms with Gasteiger partial charge in [-0.25, -0.2) is 9.78 Å².